The number of benzene rings is 2. The molecule has 4 nitrogen and oxygen atoms in total. The smallest absolute Gasteiger partial charge is 0.231 e. The Kier molecular flexibility index (Phi) is 3.71. The Bertz CT molecular complexity index is 595. The summed E-state index contributed by atoms with van der Waals surface area (Å²) < 4.78 is 0. The van der Waals surface area contributed by atoms with Crippen LogP contribution in [0.2, 0.25) is 0 Å². The lowest BCUT2D eigenvalue weighted by molar-refractivity contribution is -0.117. The van der Waals surface area contributed by atoms with Gasteiger partial charge in [0.15, 0.2) is 0 Å². The summed E-state index contributed by atoms with van der Waals surface area (Å²) in [6.07, 6.45) is 0.110. The molecule has 0 atom stereocenters. The molecular formula is C15H15NO3. The lowest BCUT2D eigenvalue weighted by Crippen LogP contribution is -2.27. The van der Waals surface area contributed by atoms with Crippen molar-refractivity contribution in [2.75, 3.05) is 11.9 Å². The molecule has 2 rings (SSSR count). The lowest BCUT2D eigenvalue weighted by atomic mass is 10.1. The van der Waals surface area contributed by atoms with Crippen LogP contribution in [0.4, 0.5) is 5.69 Å². The molecule has 0 aliphatic rings. The fraction of sp³-hybridized carbons (Fsp3) is 0.133. The van der Waals surface area contributed by atoms with Gasteiger partial charge in [-0.2, -0.15) is 0 Å². The number of rotatable bonds is 3. The minimum absolute atomic E-state index is 0.110. The molecule has 2 aromatic rings. The van der Waals surface area contributed by atoms with Crippen molar-refractivity contribution in [3.63, 3.8) is 0 Å². The number of carbonyl (C=O) groups excluding carboxylic acids is 1. The van der Waals surface area contributed by atoms with Gasteiger partial charge in [0, 0.05) is 24.4 Å². The van der Waals surface area contributed by atoms with E-state index in [0.717, 1.165) is 0 Å². The van der Waals surface area contributed by atoms with Crippen molar-refractivity contribution < 1.29 is 15.0 Å². The van der Waals surface area contributed by atoms with Crippen LogP contribution >= 0.6 is 0 Å². The molecule has 0 saturated carbocycles. The number of para-hydroxylation sites is 1. The third-order valence-electron chi connectivity index (χ3n) is 2.92. The number of amides is 1. The topological polar surface area (TPSA) is 60.8 Å². The predicted molar refractivity (Wildman–Crippen MR) is 73.3 cm³/mol. The molecule has 0 heterocycles. The summed E-state index contributed by atoms with van der Waals surface area (Å²) in [6.45, 7) is 0. The van der Waals surface area contributed by atoms with E-state index in [9.17, 15) is 15.0 Å². The van der Waals surface area contributed by atoms with Crippen LogP contribution in [0.5, 0.6) is 11.5 Å². The number of carbonyl (C=O) groups is 1. The molecule has 0 bridgehead atoms. The molecular weight excluding hydrogens is 242 g/mol. The second kappa shape index (κ2) is 5.44. The molecule has 98 valence electrons. The molecule has 2 aromatic carbocycles. The standard InChI is InChI=1S/C15H15NO3/c1-16(12-6-4-7-13(17)10-12)15(19)9-11-5-2-3-8-14(11)18/h2-8,10,17-18H,9H2,1H3. The summed E-state index contributed by atoms with van der Waals surface area (Å²) in [7, 11) is 1.64. The first-order valence-corrected chi connectivity index (χ1v) is 5.90. The van der Waals surface area contributed by atoms with Gasteiger partial charge in [0.25, 0.3) is 0 Å². The van der Waals surface area contributed by atoms with Crippen LogP contribution in [0.3, 0.4) is 0 Å². The highest BCUT2D eigenvalue weighted by Crippen LogP contribution is 2.21. The highest BCUT2D eigenvalue weighted by atomic mass is 16.3. The molecule has 19 heavy (non-hydrogen) atoms. The van der Waals surface area contributed by atoms with E-state index in [4.69, 9.17) is 0 Å². The molecule has 1 amide bonds. The van der Waals surface area contributed by atoms with Gasteiger partial charge in [0.1, 0.15) is 11.5 Å². The van der Waals surface area contributed by atoms with Gasteiger partial charge in [-0.15, -0.1) is 0 Å². The summed E-state index contributed by atoms with van der Waals surface area (Å²) in [5.41, 5.74) is 1.19. The van der Waals surface area contributed by atoms with E-state index in [1.54, 1.807) is 49.5 Å². The van der Waals surface area contributed by atoms with Crippen LogP contribution in [0.15, 0.2) is 48.5 Å². The molecule has 0 radical (unpaired) electrons. The normalized spacial score (nSPS) is 10.2. The van der Waals surface area contributed by atoms with Crippen LogP contribution < -0.4 is 4.90 Å². The molecule has 0 saturated heterocycles. The second-order valence-corrected chi connectivity index (χ2v) is 4.28. The third kappa shape index (κ3) is 3.04. The van der Waals surface area contributed by atoms with E-state index in [2.05, 4.69) is 0 Å². The van der Waals surface area contributed by atoms with Gasteiger partial charge in [-0.05, 0) is 18.2 Å². The fourth-order valence-corrected chi connectivity index (χ4v) is 1.79. The van der Waals surface area contributed by atoms with Crippen LogP contribution in [0, 0.1) is 0 Å². The Morgan fingerprint density at radius 3 is 2.53 bits per heavy atom. The fourth-order valence-electron chi connectivity index (χ4n) is 1.79. The SMILES string of the molecule is CN(C(=O)Cc1ccccc1O)c1cccc(O)c1. The predicted octanol–water partition coefficient (Wildman–Crippen LogP) is 2.30. The zero-order valence-corrected chi connectivity index (χ0v) is 10.6. The van der Waals surface area contributed by atoms with Gasteiger partial charge in [0.05, 0.1) is 6.42 Å². The molecule has 0 fully saturated rings. The number of likely N-dealkylation sites (N-methyl/N-ethyl adjacent to an activating group) is 1. The van der Waals surface area contributed by atoms with Crippen LogP contribution in [-0.2, 0) is 11.2 Å². The summed E-state index contributed by atoms with van der Waals surface area (Å²) in [5.74, 6) is 0.0620. The van der Waals surface area contributed by atoms with E-state index >= 15 is 0 Å². The first kappa shape index (κ1) is 13.0. The quantitative estimate of drug-likeness (QED) is 0.887. The monoisotopic (exact) mass is 257 g/mol. The minimum Gasteiger partial charge on any atom is -0.508 e. The van der Waals surface area contributed by atoms with Gasteiger partial charge in [-0.3, -0.25) is 4.79 Å². The number of phenolic OH excluding ortho intramolecular Hbond substituents is 2. The lowest BCUT2D eigenvalue weighted by Gasteiger charge is -2.17. The molecule has 0 aliphatic heterocycles. The molecule has 0 aliphatic carbocycles. The third-order valence-corrected chi connectivity index (χ3v) is 2.92. The van der Waals surface area contributed by atoms with Crippen molar-refractivity contribution in [1.82, 2.24) is 0 Å². The summed E-state index contributed by atoms with van der Waals surface area (Å²) in [4.78, 5) is 13.6. The van der Waals surface area contributed by atoms with Crippen molar-refractivity contribution in [3.8, 4) is 11.5 Å². The Morgan fingerprint density at radius 1 is 1.11 bits per heavy atom. The van der Waals surface area contributed by atoms with Crippen LogP contribution in [0.1, 0.15) is 5.56 Å². The van der Waals surface area contributed by atoms with Crippen molar-refractivity contribution in [1.29, 1.82) is 0 Å². The first-order valence-electron chi connectivity index (χ1n) is 5.90. The largest absolute Gasteiger partial charge is 0.508 e. The zero-order valence-electron chi connectivity index (χ0n) is 10.6. The van der Waals surface area contributed by atoms with Crippen LogP contribution in [-0.4, -0.2) is 23.2 Å². The number of phenols is 2. The van der Waals surface area contributed by atoms with Gasteiger partial charge >= 0.3 is 0 Å². The number of anilines is 1. The molecule has 0 unspecified atom stereocenters. The Labute approximate surface area is 111 Å². The van der Waals surface area contributed by atoms with Gasteiger partial charge in [-0.25, -0.2) is 0 Å². The summed E-state index contributed by atoms with van der Waals surface area (Å²) >= 11 is 0. The van der Waals surface area contributed by atoms with E-state index in [1.807, 2.05) is 0 Å². The first-order chi connectivity index (χ1) is 9.08. The maximum atomic E-state index is 12.1. The summed E-state index contributed by atoms with van der Waals surface area (Å²) in [6, 6.07) is 13.2. The average molecular weight is 257 g/mol. The molecule has 4 heteroatoms. The van der Waals surface area contributed by atoms with E-state index in [0.29, 0.717) is 11.3 Å². The Balaban J connectivity index is 2.14. The highest BCUT2D eigenvalue weighted by Gasteiger charge is 2.13. The van der Waals surface area contributed by atoms with Gasteiger partial charge in [-0.1, -0.05) is 24.3 Å². The maximum Gasteiger partial charge on any atom is 0.231 e. The summed E-state index contributed by atoms with van der Waals surface area (Å²) in [5, 5.41) is 19.0. The minimum atomic E-state index is -0.160. The van der Waals surface area contributed by atoms with E-state index in [-0.39, 0.29) is 23.8 Å². The number of hydrogen-bond acceptors (Lipinski definition) is 3. The van der Waals surface area contributed by atoms with Crippen molar-refractivity contribution in [2.45, 2.75) is 6.42 Å². The maximum absolute atomic E-state index is 12.1. The van der Waals surface area contributed by atoms with E-state index in [1.165, 1.54) is 11.0 Å². The molecule has 0 aromatic heterocycles. The number of nitrogens with zero attached hydrogens (tertiary/aromatic N) is 1. The van der Waals surface area contributed by atoms with Crippen molar-refractivity contribution in [3.05, 3.63) is 54.1 Å². The van der Waals surface area contributed by atoms with E-state index < -0.39 is 0 Å². The average Bonchev–Trinajstić information content (AvgIpc) is 2.40. The van der Waals surface area contributed by atoms with Crippen molar-refractivity contribution >= 4 is 11.6 Å². The number of hydrogen-bond donors (Lipinski definition) is 2. The van der Waals surface area contributed by atoms with Gasteiger partial charge in [0.2, 0.25) is 5.91 Å². The second-order valence-electron chi connectivity index (χ2n) is 4.28. The zero-order chi connectivity index (χ0) is 13.8. The highest BCUT2D eigenvalue weighted by molar-refractivity contribution is 5.94. The Morgan fingerprint density at radius 2 is 1.84 bits per heavy atom. The van der Waals surface area contributed by atoms with Crippen molar-refractivity contribution in [2.24, 2.45) is 0 Å². The number of aromatic hydroxyl groups is 2. The molecule has 0 spiro atoms. The van der Waals surface area contributed by atoms with Gasteiger partial charge < -0.3 is 15.1 Å². The van der Waals surface area contributed by atoms with Crippen LogP contribution in [0.25, 0.3) is 0 Å². The molecule has 2 N–H and O–H groups in total. The Hall–Kier alpha value is -2.49.